The van der Waals surface area contributed by atoms with Crippen molar-refractivity contribution in [2.24, 2.45) is 5.92 Å². The number of carbonyl (C=O) groups is 1. The van der Waals surface area contributed by atoms with Crippen molar-refractivity contribution in [3.8, 4) is 0 Å². The van der Waals surface area contributed by atoms with Crippen molar-refractivity contribution in [1.82, 2.24) is 4.90 Å². The molecule has 0 unspecified atom stereocenters. The molecule has 0 spiro atoms. The zero-order valence-corrected chi connectivity index (χ0v) is 18.7. The van der Waals surface area contributed by atoms with Gasteiger partial charge in [0, 0.05) is 26.8 Å². The molecule has 5 nitrogen and oxygen atoms in total. The average molecular weight is 406 g/mol. The lowest BCUT2D eigenvalue weighted by atomic mass is 9.87. The Morgan fingerprint density at radius 3 is 2.34 bits per heavy atom. The maximum Gasteiger partial charge on any atom is 0.410 e. The van der Waals surface area contributed by atoms with Crippen LogP contribution in [0.25, 0.3) is 0 Å². The molecule has 0 saturated heterocycles. The van der Waals surface area contributed by atoms with E-state index in [1.54, 1.807) is 4.90 Å². The predicted molar refractivity (Wildman–Crippen MR) is 116 cm³/mol. The summed E-state index contributed by atoms with van der Waals surface area (Å²) in [5.41, 5.74) is 0.779. The molecule has 0 bridgehead atoms. The largest absolute Gasteiger partial charge is 0.444 e. The molecule has 1 saturated carbocycles. The summed E-state index contributed by atoms with van der Waals surface area (Å²) in [7, 11) is 1.83. The van der Waals surface area contributed by atoms with Gasteiger partial charge in [-0.05, 0) is 70.8 Å². The molecule has 29 heavy (non-hydrogen) atoms. The minimum absolute atomic E-state index is 0.231. The van der Waals surface area contributed by atoms with Gasteiger partial charge in [-0.25, -0.2) is 4.79 Å². The van der Waals surface area contributed by atoms with E-state index in [0.29, 0.717) is 18.6 Å². The zero-order valence-electron chi connectivity index (χ0n) is 18.7. The quantitative estimate of drug-likeness (QED) is 0.487. The van der Waals surface area contributed by atoms with E-state index in [0.717, 1.165) is 58.3 Å². The summed E-state index contributed by atoms with van der Waals surface area (Å²) in [6.07, 6.45) is 6.58. The number of hydrogen-bond acceptors (Lipinski definition) is 4. The fourth-order valence-corrected chi connectivity index (χ4v) is 3.60. The Morgan fingerprint density at radius 1 is 1.03 bits per heavy atom. The zero-order chi connectivity index (χ0) is 21.1. The summed E-state index contributed by atoms with van der Waals surface area (Å²) in [6, 6.07) is 10.3. The minimum atomic E-state index is -0.441. The molecule has 1 amide bonds. The van der Waals surface area contributed by atoms with Gasteiger partial charge in [0.25, 0.3) is 0 Å². The maximum absolute atomic E-state index is 12.1. The Hall–Kier alpha value is -1.59. The summed E-state index contributed by atoms with van der Waals surface area (Å²) in [4.78, 5) is 13.8. The molecule has 0 aliphatic heterocycles. The third-order valence-electron chi connectivity index (χ3n) is 5.18. The molecule has 5 heteroatoms. The van der Waals surface area contributed by atoms with Gasteiger partial charge >= 0.3 is 6.09 Å². The summed E-state index contributed by atoms with van der Waals surface area (Å²) < 4.78 is 17.2. The van der Waals surface area contributed by atoms with E-state index < -0.39 is 5.60 Å². The molecule has 0 atom stereocenters. The van der Waals surface area contributed by atoms with E-state index in [1.807, 2.05) is 46.0 Å². The van der Waals surface area contributed by atoms with Crippen LogP contribution in [0.2, 0.25) is 0 Å². The van der Waals surface area contributed by atoms with Crippen molar-refractivity contribution in [1.29, 1.82) is 0 Å². The molecule has 1 aliphatic rings. The number of nitrogens with zero attached hydrogens (tertiary/aromatic N) is 1. The molecule has 1 fully saturated rings. The molecule has 1 aliphatic carbocycles. The average Bonchev–Trinajstić information content (AvgIpc) is 2.68. The van der Waals surface area contributed by atoms with Gasteiger partial charge < -0.3 is 19.1 Å². The minimum Gasteiger partial charge on any atom is -0.444 e. The fraction of sp³-hybridized carbons (Fsp3) is 0.708. The fourth-order valence-electron chi connectivity index (χ4n) is 3.60. The topological polar surface area (TPSA) is 48.0 Å². The normalized spacial score (nSPS) is 19.7. The number of unbranched alkanes of at least 4 members (excludes halogenated alkanes) is 1. The third-order valence-corrected chi connectivity index (χ3v) is 5.18. The highest BCUT2D eigenvalue weighted by molar-refractivity contribution is 5.67. The number of ether oxygens (including phenoxy) is 3. The molecule has 0 heterocycles. The highest BCUT2D eigenvalue weighted by atomic mass is 16.6. The van der Waals surface area contributed by atoms with Crippen molar-refractivity contribution < 1.29 is 19.0 Å². The summed E-state index contributed by atoms with van der Waals surface area (Å²) >= 11 is 0. The second-order valence-corrected chi connectivity index (χ2v) is 9.12. The van der Waals surface area contributed by atoms with Gasteiger partial charge in [0.15, 0.2) is 0 Å². The van der Waals surface area contributed by atoms with E-state index in [2.05, 4.69) is 12.1 Å². The SMILES string of the molecule is CN(CC1CCC(OCCCCOCc2ccccc2)CC1)C(=O)OC(C)(C)C. The second-order valence-electron chi connectivity index (χ2n) is 9.12. The summed E-state index contributed by atoms with van der Waals surface area (Å²) in [5.74, 6) is 0.541. The Balaban J connectivity index is 1.48. The second kappa shape index (κ2) is 12.2. The van der Waals surface area contributed by atoms with Crippen LogP contribution in [0.15, 0.2) is 30.3 Å². The highest BCUT2D eigenvalue weighted by Gasteiger charge is 2.26. The van der Waals surface area contributed by atoms with Crippen molar-refractivity contribution in [2.45, 2.75) is 77.6 Å². The van der Waals surface area contributed by atoms with Gasteiger partial charge in [-0.2, -0.15) is 0 Å². The third kappa shape index (κ3) is 10.1. The standard InChI is InChI=1S/C24H39NO4/c1-24(2,3)29-23(26)25(4)18-20-12-14-22(15-13-20)28-17-9-8-16-27-19-21-10-6-5-7-11-21/h5-7,10-11,20,22H,8-9,12-19H2,1-4H3. The molecule has 1 aromatic rings. The van der Waals surface area contributed by atoms with Crippen LogP contribution >= 0.6 is 0 Å². The highest BCUT2D eigenvalue weighted by Crippen LogP contribution is 2.27. The molecule has 0 radical (unpaired) electrons. The monoisotopic (exact) mass is 405 g/mol. The first-order valence-electron chi connectivity index (χ1n) is 11.0. The number of amides is 1. The van der Waals surface area contributed by atoms with Crippen molar-refractivity contribution >= 4 is 6.09 Å². The van der Waals surface area contributed by atoms with Crippen LogP contribution in [-0.4, -0.2) is 49.5 Å². The van der Waals surface area contributed by atoms with Crippen molar-refractivity contribution in [3.05, 3.63) is 35.9 Å². The van der Waals surface area contributed by atoms with Crippen LogP contribution in [0.3, 0.4) is 0 Å². The Labute approximate surface area is 176 Å². The van der Waals surface area contributed by atoms with Crippen LogP contribution in [0.1, 0.15) is 64.9 Å². The van der Waals surface area contributed by atoms with Gasteiger partial charge in [-0.3, -0.25) is 0 Å². The summed E-state index contributed by atoms with van der Waals surface area (Å²) in [5, 5.41) is 0. The van der Waals surface area contributed by atoms with Crippen LogP contribution < -0.4 is 0 Å². The molecule has 164 valence electrons. The Bertz CT molecular complexity index is 576. The molecule has 0 N–H and O–H groups in total. The lowest BCUT2D eigenvalue weighted by Crippen LogP contribution is -2.38. The van der Waals surface area contributed by atoms with Crippen LogP contribution in [-0.2, 0) is 20.8 Å². The first kappa shape index (κ1) is 23.7. The lowest BCUT2D eigenvalue weighted by molar-refractivity contribution is 0.00460. The number of benzene rings is 1. The molecular weight excluding hydrogens is 366 g/mol. The van der Waals surface area contributed by atoms with Crippen LogP contribution in [0, 0.1) is 5.92 Å². The first-order chi connectivity index (χ1) is 13.8. The van der Waals surface area contributed by atoms with Gasteiger partial charge in [-0.15, -0.1) is 0 Å². The predicted octanol–water partition coefficient (Wildman–Crippen LogP) is 5.43. The first-order valence-corrected chi connectivity index (χ1v) is 11.0. The smallest absolute Gasteiger partial charge is 0.410 e. The van der Waals surface area contributed by atoms with Gasteiger partial charge in [0.05, 0.1) is 12.7 Å². The molecular formula is C24H39NO4. The molecule has 0 aromatic heterocycles. The van der Waals surface area contributed by atoms with E-state index >= 15 is 0 Å². The van der Waals surface area contributed by atoms with Gasteiger partial charge in [0.1, 0.15) is 5.60 Å². The number of carbonyl (C=O) groups excluding carboxylic acids is 1. The maximum atomic E-state index is 12.1. The summed E-state index contributed by atoms with van der Waals surface area (Å²) in [6.45, 7) is 8.73. The van der Waals surface area contributed by atoms with E-state index in [4.69, 9.17) is 14.2 Å². The molecule has 2 rings (SSSR count). The van der Waals surface area contributed by atoms with Crippen molar-refractivity contribution in [2.75, 3.05) is 26.8 Å². The van der Waals surface area contributed by atoms with Crippen LogP contribution in [0.5, 0.6) is 0 Å². The van der Waals surface area contributed by atoms with E-state index in [-0.39, 0.29) is 6.09 Å². The van der Waals surface area contributed by atoms with Crippen molar-refractivity contribution in [3.63, 3.8) is 0 Å². The van der Waals surface area contributed by atoms with Crippen LogP contribution in [0.4, 0.5) is 4.79 Å². The molecule has 1 aromatic carbocycles. The van der Waals surface area contributed by atoms with Gasteiger partial charge in [-0.1, -0.05) is 30.3 Å². The number of hydrogen-bond donors (Lipinski definition) is 0. The van der Waals surface area contributed by atoms with E-state index in [1.165, 1.54) is 5.56 Å². The van der Waals surface area contributed by atoms with E-state index in [9.17, 15) is 4.79 Å². The lowest BCUT2D eigenvalue weighted by Gasteiger charge is -2.32. The Kier molecular flexibility index (Phi) is 9.95. The Morgan fingerprint density at radius 2 is 1.69 bits per heavy atom. The number of rotatable bonds is 10. The van der Waals surface area contributed by atoms with Gasteiger partial charge in [0.2, 0.25) is 0 Å².